The Morgan fingerprint density at radius 1 is 1.07 bits per heavy atom. The Kier molecular flexibility index (Phi) is 4.21. The number of hydrogen-bond acceptors (Lipinski definition) is 0. The standard InChI is InChI=1S/C10H13Br3N/c1-14(2,10(11,12)13)8-9-6-4-3-5-7-9/h3-7H,8H2,1-2H3/q+1. The van der Waals surface area contributed by atoms with Gasteiger partial charge in [-0.2, -0.15) is 0 Å². The first kappa shape index (κ1) is 12.7. The number of hydrogen-bond donors (Lipinski definition) is 0. The summed E-state index contributed by atoms with van der Waals surface area (Å²) < 4.78 is 0.486. The minimum absolute atomic E-state index is 0.275. The molecular weight excluding hydrogens is 374 g/mol. The molecule has 0 spiro atoms. The predicted molar refractivity (Wildman–Crippen MR) is 71.8 cm³/mol. The van der Waals surface area contributed by atoms with Gasteiger partial charge in [0.25, 0.3) is 2.27 Å². The fraction of sp³-hybridized carbons (Fsp3) is 0.400. The van der Waals surface area contributed by atoms with E-state index in [9.17, 15) is 0 Å². The van der Waals surface area contributed by atoms with Crippen LogP contribution in [-0.4, -0.2) is 20.8 Å². The normalized spacial score (nSPS) is 12.9. The van der Waals surface area contributed by atoms with Crippen molar-refractivity contribution in [1.82, 2.24) is 0 Å². The summed E-state index contributed by atoms with van der Waals surface area (Å²) in [5.41, 5.74) is 1.32. The molecule has 0 saturated carbocycles. The molecule has 78 valence electrons. The van der Waals surface area contributed by atoms with Crippen LogP contribution in [0, 0.1) is 0 Å². The Morgan fingerprint density at radius 3 is 2.00 bits per heavy atom. The molecule has 0 atom stereocenters. The third-order valence-electron chi connectivity index (χ3n) is 2.11. The van der Waals surface area contributed by atoms with Crippen LogP contribution in [0.5, 0.6) is 0 Å². The summed E-state index contributed by atoms with van der Waals surface area (Å²) >= 11 is 10.7. The van der Waals surface area contributed by atoms with E-state index < -0.39 is 0 Å². The first-order chi connectivity index (χ1) is 6.33. The molecule has 1 aromatic carbocycles. The summed E-state index contributed by atoms with van der Waals surface area (Å²) in [7, 11) is 4.29. The molecule has 0 radical (unpaired) electrons. The molecule has 0 aliphatic carbocycles. The van der Waals surface area contributed by atoms with Crippen molar-refractivity contribution < 1.29 is 4.48 Å². The molecule has 0 aliphatic heterocycles. The third kappa shape index (κ3) is 3.33. The average Bonchev–Trinajstić information content (AvgIpc) is 2.03. The second-order valence-electron chi connectivity index (χ2n) is 3.80. The predicted octanol–water partition coefficient (Wildman–Crippen LogP) is 4.06. The van der Waals surface area contributed by atoms with Crippen molar-refractivity contribution in [3.63, 3.8) is 0 Å². The lowest BCUT2D eigenvalue weighted by atomic mass is 10.2. The van der Waals surface area contributed by atoms with Crippen LogP contribution < -0.4 is 0 Å². The Morgan fingerprint density at radius 2 is 1.57 bits per heavy atom. The lowest BCUT2D eigenvalue weighted by Crippen LogP contribution is -2.47. The molecule has 0 heterocycles. The second kappa shape index (κ2) is 4.64. The zero-order chi connectivity index (χ0) is 10.8. The van der Waals surface area contributed by atoms with Gasteiger partial charge in [0.15, 0.2) is 0 Å². The third-order valence-corrected chi connectivity index (χ3v) is 4.99. The van der Waals surface area contributed by atoms with E-state index in [1.54, 1.807) is 0 Å². The summed E-state index contributed by atoms with van der Waals surface area (Å²) in [6, 6.07) is 10.4. The zero-order valence-electron chi connectivity index (χ0n) is 8.17. The van der Waals surface area contributed by atoms with Crippen molar-refractivity contribution in [2.45, 2.75) is 8.81 Å². The maximum absolute atomic E-state index is 3.56. The van der Waals surface area contributed by atoms with Gasteiger partial charge in [0.05, 0.1) is 14.1 Å². The smallest absolute Gasteiger partial charge is 0.262 e. The van der Waals surface area contributed by atoms with Crippen LogP contribution in [0.1, 0.15) is 5.56 Å². The van der Waals surface area contributed by atoms with Crippen molar-refractivity contribution in [2.75, 3.05) is 14.1 Å². The largest absolute Gasteiger partial charge is 0.293 e. The van der Waals surface area contributed by atoms with Crippen LogP contribution in [0.3, 0.4) is 0 Å². The van der Waals surface area contributed by atoms with Crippen LogP contribution in [0.25, 0.3) is 0 Å². The quantitative estimate of drug-likeness (QED) is 0.408. The number of alkyl halides is 3. The van der Waals surface area contributed by atoms with Crippen molar-refractivity contribution in [2.24, 2.45) is 0 Å². The lowest BCUT2D eigenvalue weighted by Gasteiger charge is -2.37. The van der Waals surface area contributed by atoms with Crippen LogP contribution in [0.4, 0.5) is 0 Å². The number of halogens is 3. The van der Waals surface area contributed by atoms with Crippen molar-refractivity contribution in [3.8, 4) is 0 Å². The highest BCUT2D eigenvalue weighted by Gasteiger charge is 2.37. The van der Waals surface area contributed by atoms with Gasteiger partial charge < -0.3 is 0 Å². The molecule has 0 saturated heterocycles. The monoisotopic (exact) mass is 384 g/mol. The van der Waals surface area contributed by atoms with Gasteiger partial charge >= 0.3 is 0 Å². The molecular formula is C10H13Br3N+. The van der Waals surface area contributed by atoms with Crippen molar-refractivity contribution in [1.29, 1.82) is 0 Å². The van der Waals surface area contributed by atoms with Gasteiger partial charge in [0.2, 0.25) is 0 Å². The first-order valence-corrected chi connectivity index (χ1v) is 6.64. The van der Waals surface area contributed by atoms with Crippen molar-refractivity contribution in [3.05, 3.63) is 35.9 Å². The Labute approximate surface area is 110 Å². The highest BCUT2D eigenvalue weighted by molar-refractivity contribution is 9.39. The number of rotatable bonds is 2. The van der Waals surface area contributed by atoms with Gasteiger partial charge in [0.1, 0.15) is 6.54 Å². The minimum Gasteiger partial charge on any atom is -0.293 e. The lowest BCUT2D eigenvalue weighted by molar-refractivity contribution is -0.904. The maximum Gasteiger partial charge on any atom is 0.262 e. The zero-order valence-corrected chi connectivity index (χ0v) is 12.9. The van der Waals surface area contributed by atoms with Crippen LogP contribution in [0.15, 0.2) is 30.3 Å². The summed E-state index contributed by atoms with van der Waals surface area (Å²) in [6.45, 7) is 0.947. The van der Waals surface area contributed by atoms with Gasteiger partial charge in [-0.15, -0.1) is 0 Å². The van der Waals surface area contributed by atoms with Crippen molar-refractivity contribution >= 4 is 47.8 Å². The number of benzene rings is 1. The molecule has 0 unspecified atom stereocenters. The summed E-state index contributed by atoms with van der Waals surface area (Å²) in [5, 5.41) is 0. The topological polar surface area (TPSA) is 0 Å². The highest BCUT2D eigenvalue weighted by Crippen LogP contribution is 2.42. The molecule has 0 aromatic heterocycles. The van der Waals surface area contributed by atoms with E-state index in [2.05, 4.69) is 86.2 Å². The summed E-state index contributed by atoms with van der Waals surface area (Å²) in [5.74, 6) is 0. The van der Waals surface area contributed by atoms with Crippen LogP contribution in [-0.2, 0) is 6.54 Å². The summed E-state index contributed by atoms with van der Waals surface area (Å²) in [4.78, 5) is 0. The van der Waals surface area contributed by atoms with Gasteiger partial charge in [0, 0.05) is 53.4 Å². The van der Waals surface area contributed by atoms with Crippen LogP contribution in [0.2, 0.25) is 0 Å². The average molecular weight is 387 g/mol. The Balaban J connectivity index is 2.79. The van der Waals surface area contributed by atoms with E-state index in [0.29, 0.717) is 0 Å². The fourth-order valence-electron chi connectivity index (χ4n) is 1.13. The number of nitrogens with zero attached hydrogens (tertiary/aromatic N) is 1. The number of quaternary nitrogens is 1. The first-order valence-electron chi connectivity index (χ1n) is 4.27. The maximum atomic E-state index is 3.56. The fourth-order valence-corrected chi connectivity index (χ4v) is 1.51. The van der Waals surface area contributed by atoms with E-state index in [4.69, 9.17) is 0 Å². The van der Waals surface area contributed by atoms with E-state index in [1.807, 2.05) is 6.07 Å². The van der Waals surface area contributed by atoms with E-state index in [0.717, 1.165) is 11.0 Å². The molecule has 1 aromatic rings. The van der Waals surface area contributed by atoms with E-state index in [1.165, 1.54) is 5.56 Å². The van der Waals surface area contributed by atoms with Gasteiger partial charge in [-0.3, -0.25) is 4.48 Å². The molecule has 0 aliphatic rings. The molecule has 4 heteroatoms. The Bertz CT molecular complexity index is 290. The van der Waals surface area contributed by atoms with Gasteiger partial charge in [-0.1, -0.05) is 30.3 Å². The molecule has 1 rings (SSSR count). The summed E-state index contributed by atoms with van der Waals surface area (Å²) in [6.07, 6.45) is 0. The molecule has 0 fully saturated rings. The molecule has 0 N–H and O–H groups in total. The van der Waals surface area contributed by atoms with E-state index >= 15 is 0 Å². The SMILES string of the molecule is C[N+](C)(Cc1ccccc1)C(Br)(Br)Br. The molecule has 0 amide bonds. The van der Waals surface area contributed by atoms with Gasteiger partial charge in [-0.25, -0.2) is 0 Å². The molecule has 0 bridgehead atoms. The molecule has 14 heavy (non-hydrogen) atoms. The molecule has 1 nitrogen and oxygen atoms in total. The second-order valence-corrected chi connectivity index (χ2v) is 10.4. The van der Waals surface area contributed by atoms with Gasteiger partial charge in [-0.05, 0) is 0 Å². The van der Waals surface area contributed by atoms with Crippen LogP contribution >= 0.6 is 47.8 Å². The minimum atomic E-state index is -0.275. The van der Waals surface area contributed by atoms with E-state index in [-0.39, 0.29) is 2.27 Å². The highest BCUT2D eigenvalue weighted by atomic mass is 80.0. The Hall–Kier alpha value is 0.620.